The Morgan fingerprint density at radius 2 is 2.00 bits per heavy atom. The Hall–Kier alpha value is -2.32. The van der Waals surface area contributed by atoms with E-state index in [0.717, 1.165) is 61.4 Å². The first kappa shape index (κ1) is 20.0. The van der Waals surface area contributed by atoms with E-state index in [9.17, 15) is 15.2 Å². The molecule has 0 bridgehead atoms. The Labute approximate surface area is 173 Å². The minimum absolute atomic E-state index is 0.00537. The molecule has 0 saturated heterocycles. The van der Waals surface area contributed by atoms with Gasteiger partial charge in [-0.2, -0.15) is 5.26 Å². The van der Waals surface area contributed by atoms with Gasteiger partial charge in [-0.1, -0.05) is 13.3 Å². The number of benzene rings is 1. The molecule has 2 aliphatic carbocycles. The Morgan fingerprint density at radius 1 is 1.21 bits per heavy atom. The highest BCUT2D eigenvalue weighted by atomic mass is 16.3. The second-order valence-corrected chi connectivity index (χ2v) is 8.86. The van der Waals surface area contributed by atoms with Gasteiger partial charge in [0.25, 0.3) is 5.91 Å². The average molecular weight is 394 g/mol. The fraction of sp³-hybridized carbons (Fsp3) is 0.583. The second kappa shape index (κ2) is 8.59. The van der Waals surface area contributed by atoms with Gasteiger partial charge in [-0.25, -0.2) is 0 Å². The van der Waals surface area contributed by atoms with Crippen molar-refractivity contribution in [1.82, 2.24) is 0 Å². The molecule has 1 aromatic rings. The summed E-state index contributed by atoms with van der Waals surface area (Å²) in [7, 11) is 0. The second-order valence-electron chi connectivity index (χ2n) is 8.86. The SMILES string of the molecule is CC1CCC(Nc2cc(N3C(=O)C(CCO)=C4CCCCC43)ccc2C#N)CC1. The van der Waals surface area contributed by atoms with Gasteiger partial charge in [0.15, 0.2) is 0 Å². The molecule has 2 fully saturated rings. The molecule has 1 amide bonds. The Bertz CT molecular complexity index is 846. The van der Waals surface area contributed by atoms with Crippen LogP contribution in [0.4, 0.5) is 11.4 Å². The van der Waals surface area contributed by atoms with Crippen LogP contribution in [0.5, 0.6) is 0 Å². The Balaban J connectivity index is 1.62. The van der Waals surface area contributed by atoms with Crippen molar-refractivity contribution in [3.8, 4) is 6.07 Å². The molecule has 0 spiro atoms. The summed E-state index contributed by atoms with van der Waals surface area (Å²) in [5, 5.41) is 22.6. The van der Waals surface area contributed by atoms with Crippen LogP contribution < -0.4 is 10.2 Å². The van der Waals surface area contributed by atoms with Gasteiger partial charge < -0.3 is 15.3 Å². The standard InChI is InChI=1S/C24H31N3O2/c1-16-6-9-18(10-7-16)26-22-14-19(11-8-17(22)15-25)27-23-5-3-2-4-20(23)21(12-13-28)24(27)29/h8,11,14,16,18,23,26,28H,2-7,9-10,12-13H2,1H3. The number of rotatable bonds is 5. The molecular formula is C24H31N3O2. The van der Waals surface area contributed by atoms with Crippen molar-refractivity contribution in [3.05, 3.63) is 34.9 Å². The Morgan fingerprint density at radius 3 is 2.72 bits per heavy atom. The molecule has 154 valence electrons. The van der Waals surface area contributed by atoms with Gasteiger partial charge in [-0.15, -0.1) is 0 Å². The summed E-state index contributed by atoms with van der Waals surface area (Å²) >= 11 is 0. The number of amides is 1. The lowest BCUT2D eigenvalue weighted by Crippen LogP contribution is -2.37. The lowest BCUT2D eigenvalue weighted by Gasteiger charge is -2.31. The zero-order valence-corrected chi connectivity index (χ0v) is 17.3. The van der Waals surface area contributed by atoms with E-state index in [1.54, 1.807) is 0 Å². The van der Waals surface area contributed by atoms with Gasteiger partial charge in [0.2, 0.25) is 0 Å². The van der Waals surface area contributed by atoms with Crippen LogP contribution in [-0.4, -0.2) is 29.7 Å². The van der Waals surface area contributed by atoms with E-state index >= 15 is 0 Å². The van der Waals surface area contributed by atoms with E-state index in [-0.39, 0.29) is 18.6 Å². The number of aliphatic hydroxyl groups excluding tert-OH is 1. The van der Waals surface area contributed by atoms with E-state index in [0.29, 0.717) is 18.0 Å². The maximum absolute atomic E-state index is 13.2. The summed E-state index contributed by atoms with van der Waals surface area (Å²) in [6.07, 6.45) is 9.25. The first-order valence-electron chi connectivity index (χ1n) is 11.1. The zero-order valence-electron chi connectivity index (χ0n) is 17.3. The van der Waals surface area contributed by atoms with Crippen LogP contribution in [0.15, 0.2) is 29.3 Å². The largest absolute Gasteiger partial charge is 0.396 e. The van der Waals surface area contributed by atoms with E-state index in [1.165, 1.54) is 18.4 Å². The van der Waals surface area contributed by atoms with Gasteiger partial charge in [0.1, 0.15) is 6.07 Å². The fourth-order valence-corrected chi connectivity index (χ4v) is 5.26. The molecule has 1 aromatic carbocycles. The van der Waals surface area contributed by atoms with E-state index in [4.69, 9.17) is 0 Å². The van der Waals surface area contributed by atoms with Crippen LogP contribution in [-0.2, 0) is 4.79 Å². The molecule has 5 nitrogen and oxygen atoms in total. The molecule has 0 radical (unpaired) electrons. The number of anilines is 2. The molecule has 0 aromatic heterocycles. The molecule has 1 atom stereocenters. The number of fused-ring (bicyclic) bond motifs is 1. The quantitative estimate of drug-likeness (QED) is 0.771. The zero-order chi connectivity index (χ0) is 20.4. The average Bonchev–Trinajstić information content (AvgIpc) is 3.02. The van der Waals surface area contributed by atoms with Gasteiger partial charge >= 0.3 is 0 Å². The molecule has 1 aliphatic heterocycles. The van der Waals surface area contributed by atoms with E-state index in [1.807, 2.05) is 23.1 Å². The minimum atomic E-state index is 0.00537. The highest BCUT2D eigenvalue weighted by molar-refractivity contribution is 6.10. The van der Waals surface area contributed by atoms with E-state index < -0.39 is 0 Å². The first-order chi connectivity index (χ1) is 14.1. The molecule has 2 saturated carbocycles. The lowest BCUT2D eigenvalue weighted by atomic mass is 9.87. The van der Waals surface area contributed by atoms with Gasteiger partial charge in [0, 0.05) is 30.3 Å². The molecule has 29 heavy (non-hydrogen) atoms. The topological polar surface area (TPSA) is 76.4 Å². The normalized spacial score (nSPS) is 27.0. The van der Waals surface area contributed by atoms with E-state index in [2.05, 4.69) is 18.3 Å². The van der Waals surface area contributed by atoms with Crippen LogP contribution in [0.1, 0.15) is 70.3 Å². The Kier molecular flexibility index (Phi) is 5.91. The summed E-state index contributed by atoms with van der Waals surface area (Å²) in [5.74, 6) is 0.806. The molecule has 2 N–H and O–H groups in total. The highest BCUT2D eigenvalue weighted by Crippen LogP contribution is 2.41. The van der Waals surface area contributed by atoms with Crippen LogP contribution in [0.25, 0.3) is 0 Å². The van der Waals surface area contributed by atoms with Gasteiger partial charge in [0.05, 0.1) is 17.3 Å². The number of aliphatic hydroxyl groups is 1. The molecule has 3 aliphatic rings. The maximum Gasteiger partial charge on any atom is 0.254 e. The summed E-state index contributed by atoms with van der Waals surface area (Å²) in [5.41, 5.74) is 4.35. The number of carbonyl (C=O) groups is 1. The number of nitriles is 1. The predicted octanol–water partition coefficient (Wildman–Crippen LogP) is 4.52. The molecular weight excluding hydrogens is 362 g/mol. The number of nitrogens with zero attached hydrogens (tertiary/aromatic N) is 2. The third kappa shape index (κ3) is 3.91. The predicted molar refractivity (Wildman–Crippen MR) is 115 cm³/mol. The lowest BCUT2D eigenvalue weighted by molar-refractivity contribution is -0.115. The number of carbonyl (C=O) groups excluding carboxylic acids is 1. The van der Waals surface area contributed by atoms with Crippen LogP contribution in [0, 0.1) is 17.2 Å². The van der Waals surface area contributed by atoms with Crippen molar-refractivity contribution in [2.75, 3.05) is 16.8 Å². The smallest absolute Gasteiger partial charge is 0.254 e. The summed E-state index contributed by atoms with van der Waals surface area (Å²) in [6, 6.07) is 8.52. The van der Waals surface area contributed by atoms with Crippen molar-refractivity contribution in [2.45, 2.75) is 76.8 Å². The summed E-state index contributed by atoms with van der Waals surface area (Å²) in [6.45, 7) is 2.31. The molecule has 1 heterocycles. The maximum atomic E-state index is 13.2. The van der Waals surface area contributed by atoms with Crippen LogP contribution in [0.2, 0.25) is 0 Å². The highest BCUT2D eigenvalue weighted by Gasteiger charge is 2.40. The van der Waals surface area contributed by atoms with Crippen LogP contribution >= 0.6 is 0 Å². The molecule has 4 rings (SSSR count). The summed E-state index contributed by atoms with van der Waals surface area (Å²) < 4.78 is 0. The minimum Gasteiger partial charge on any atom is -0.396 e. The monoisotopic (exact) mass is 393 g/mol. The van der Waals surface area contributed by atoms with Crippen molar-refractivity contribution >= 4 is 17.3 Å². The molecule has 1 unspecified atom stereocenters. The molecule has 5 heteroatoms. The number of hydrogen-bond donors (Lipinski definition) is 2. The first-order valence-corrected chi connectivity index (χ1v) is 11.1. The fourth-order valence-electron chi connectivity index (χ4n) is 5.26. The van der Waals surface area contributed by atoms with Crippen molar-refractivity contribution in [1.29, 1.82) is 5.26 Å². The number of nitrogens with one attached hydrogen (secondary N) is 1. The third-order valence-corrected chi connectivity index (χ3v) is 6.89. The third-order valence-electron chi connectivity index (χ3n) is 6.89. The van der Waals surface area contributed by atoms with Gasteiger partial charge in [-0.05, 0) is 74.6 Å². The number of hydrogen-bond acceptors (Lipinski definition) is 4. The van der Waals surface area contributed by atoms with Crippen molar-refractivity contribution in [2.24, 2.45) is 5.92 Å². The summed E-state index contributed by atoms with van der Waals surface area (Å²) in [4.78, 5) is 15.1. The van der Waals surface area contributed by atoms with Crippen molar-refractivity contribution < 1.29 is 9.90 Å². The van der Waals surface area contributed by atoms with Crippen molar-refractivity contribution in [3.63, 3.8) is 0 Å². The van der Waals surface area contributed by atoms with Crippen LogP contribution in [0.3, 0.4) is 0 Å². The van der Waals surface area contributed by atoms with Gasteiger partial charge in [-0.3, -0.25) is 4.79 Å².